The van der Waals surface area contributed by atoms with Crippen LogP contribution in [-0.2, 0) is 9.53 Å². The van der Waals surface area contributed by atoms with E-state index in [1.165, 1.54) is 17.0 Å². The van der Waals surface area contributed by atoms with Crippen LogP contribution in [0.3, 0.4) is 0 Å². The van der Waals surface area contributed by atoms with Crippen LogP contribution < -0.4 is 4.74 Å². The molecule has 1 fully saturated rings. The lowest BCUT2D eigenvalue weighted by Gasteiger charge is -2.34. The topological polar surface area (TPSA) is 55.8 Å². The van der Waals surface area contributed by atoms with Gasteiger partial charge in [0.15, 0.2) is 17.7 Å². The molecule has 9 heteroatoms. The lowest BCUT2D eigenvalue weighted by Crippen LogP contribution is -2.48. The number of esters is 1. The first-order valence-corrected chi connectivity index (χ1v) is 13.1. The third-order valence-corrected chi connectivity index (χ3v) is 6.98. The van der Waals surface area contributed by atoms with E-state index in [0.717, 1.165) is 18.9 Å². The van der Waals surface area contributed by atoms with E-state index in [2.05, 4.69) is 0 Å². The molecule has 194 valence electrons. The number of amides is 1. The van der Waals surface area contributed by atoms with Crippen molar-refractivity contribution in [1.29, 1.82) is 0 Å². The second-order valence-electron chi connectivity index (χ2n) is 8.62. The summed E-state index contributed by atoms with van der Waals surface area (Å²) in [6, 6.07) is 15.2. The molecule has 1 aliphatic heterocycles. The molecule has 0 aliphatic carbocycles. The minimum absolute atomic E-state index is 0.0666. The van der Waals surface area contributed by atoms with E-state index in [-0.39, 0.29) is 17.9 Å². The number of carbonyl (C=O) groups excluding carboxylic acids is 2. The number of hydrogen-bond donors (Lipinski definition) is 0. The van der Waals surface area contributed by atoms with Crippen LogP contribution in [-0.4, -0.2) is 36.0 Å². The van der Waals surface area contributed by atoms with Crippen LogP contribution in [0, 0.1) is 5.82 Å². The van der Waals surface area contributed by atoms with Gasteiger partial charge >= 0.3 is 5.97 Å². The van der Waals surface area contributed by atoms with Crippen molar-refractivity contribution in [3.8, 4) is 5.75 Å². The molecule has 1 amide bonds. The predicted octanol–water partition coefficient (Wildman–Crippen LogP) is 7.51. The number of carbonyl (C=O) groups is 2. The maximum absolute atomic E-state index is 15.3. The van der Waals surface area contributed by atoms with E-state index >= 15 is 4.39 Å². The molecule has 1 saturated heterocycles. The predicted molar refractivity (Wildman–Crippen MR) is 142 cm³/mol. The van der Waals surface area contributed by atoms with Gasteiger partial charge in [-0.2, -0.15) is 0 Å². The number of nitrogens with zero attached hydrogens (tertiary/aromatic N) is 1. The molecule has 3 aromatic rings. The normalized spacial score (nSPS) is 16.2. The van der Waals surface area contributed by atoms with Crippen LogP contribution in [0.5, 0.6) is 5.75 Å². The maximum atomic E-state index is 15.3. The van der Waals surface area contributed by atoms with Gasteiger partial charge in [0.25, 0.3) is 5.91 Å². The van der Waals surface area contributed by atoms with Crippen LogP contribution in [0.2, 0.25) is 15.1 Å². The summed E-state index contributed by atoms with van der Waals surface area (Å²) in [6.45, 7) is 2.34. The molecular formula is C28H25Cl3FNO4. The fourth-order valence-corrected chi connectivity index (χ4v) is 4.98. The summed E-state index contributed by atoms with van der Waals surface area (Å²) in [6.07, 6.45) is 1.32. The molecule has 0 N–H and O–H groups in total. The summed E-state index contributed by atoms with van der Waals surface area (Å²) in [5.74, 6) is -1.66. The lowest BCUT2D eigenvalue weighted by atomic mass is 10.0. The van der Waals surface area contributed by atoms with Gasteiger partial charge in [0.2, 0.25) is 0 Å². The highest BCUT2D eigenvalue weighted by Gasteiger charge is 2.34. The van der Waals surface area contributed by atoms with E-state index in [0.29, 0.717) is 39.2 Å². The zero-order valence-electron chi connectivity index (χ0n) is 20.1. The molecule has 2 unspecified atom stereocenters. The molecule has 2 atom stereocenters. The SMILES string of the molecule is CCOC(=O)C1CCCCN1C(=O)c1ccc(OC(c2ccc(Cl)cc2)c2ccc(Cl)cc2Cl)c(F)c1. The molecule has 0 radical (unpaired) electrons. The number of rotatable bonds is 7. The zero-order chi connectivity index (χ0) is 26.5. The number of likely N-dealkylation sites (tertiary alicyclic amines) is 1. The number of benzene rings is 3. The monoisotopic (exact) mass is 563 g/mol. The number of hydrogen-bond acceptors (Lipinski definition) is 4. The molecule has 4 rings (SSSR count). The molecule has 0 spiro atoms. The van der Waals surface area contributed by atoms with E-state index in [1.54, 1.807) is 49.4 Å². The Morgan fingerprint density at radius 3 is 2.41 bits per heavy atom. The Labute approximate surface area is 230 Å². The Balaban J connectivity index is 1.62. The fourth-order valence-electron chi connectivity index (χ4n) is 4.34. The molecule has 0 saturated carbocycles. The number of ether oxygens (including phenoxy) is 2. The van der Waals surface area contributed by atoms with Crippen LogP contribution in [0.1, 0.15) is 53.8 Å². The molecule has 1 aliphatic rings. The standard InChI is InChI=1S/C28H25Cl3FNO4/c1-2-36-28(35)24-5-3-4-14-33(24)27(34)18-8-13-25(23(32)15-18)37-26(17-6-9-19(29)10-7-17)21-12-11-20(30)16-22(21)31/h6-13,15-16,24,26H,2-5,14H2,1H3. The summed E-state index contributed by atoms with van der Waals surface area (Å²) in [7, 11) is 0. The van der Waals surface area contributed by atoms with Crippen molar-refractivity contribution in [2.75, 3.05) is 13.2 Å². The molecule has 1 heterocycles. The Hall–Kier alpha value is -2.80. The van der Waals surface area contributed by atoms with Gasteiger partial charge in [-0.25, -0.2) is 9.18 Å². The minimum Gasteiger partial charge on any atom is -0.478 e. The molecule has 0 bridgehead atoms. The maximum Gasteiger partial charge on any atom is 0.328 e. The van der Waals surface area contributed by atoms with Gasteiger partial charge in [0.05, 0.1) is 6.61 Å². The van der Waals surface area contributed by atoms with Crippen molar-refractivity contribution in [2.45, 2.75) is 38.3 Å². The largest absolute Gasteiger partial charge is 0.478 e. The average molecular weight is 565 g/mol. The molecule has 5 nitrogen and oxygen atoms in total. The van der Waals surface area contributed by atoms with Crippen molar-refractivity contribution in [3.05, 3.63) is 98.2 Å². The highest BCUT2D eigenvalue weighted by molar-refractivity contribution is 6.35. The van der Waals surface area contributed by atoms with Gasteiger partial charge in [-0.3, -0.25) is 4.79 Å². The highest BCUT2D eigenvalue weighted by Crippen LogP contribution is 2.36. The van der Waals surface area contributed by atoms with Crippen molar-refractivity contribution >= 4 is 46.7 Å². The smallest absolute Gasteiger partial charge is 0.328 e. The first kappa shape index (κ1) is 27.2. The molecule has 0 aromatic heterocycles. The van der Waals surface area contributed by atoms with Gasteiger partial charge in [0.1, 0.15) is 6.04 Å². The van der Waals surface area contributed by atoms with E-state index in [4.69, 9.17) is 44.3 Å². The quantitative estimate of drug-likeness (QED) is 0.279. The average Bonchev–Trinajstić information content (AvgIpc) is 2.89. The van der Waals surface area contributed by atoms with E-state index < -0.39 is 29.8 Å². The molecular weight excluding hydrogens is 540 g/mol. The van der Waals surface area contributed by atoms with Gasteiger partial charge in [-0.1, -0.05) is 53.0 Å². The van der Waals surface area contributed by atoms with E-state index in [1.807, 2.05) is 0 Å². The van der Waals surface area contributed by atoms with Crippen LogP contribution in [0.25, 0.3) is 0 Å². The highest BCUT2D eigenvalue weighted by atomic mass is 35.5. The Bertz CT molecular complexity index is 1280. The lowest BCUT2D eigenvalue weighted by molar-refractivity contribution is -0.149. The van der Waals surface area contributed by atoms with Crippen molar-refractivity contribution < 1.29 is 23.5 Å². The summed E-state index contributed by atoms with van der Waals surface area (Å²) in [5.41, 5.74) is 1.39. The Kier molecular flexibility index (Phi) is 8.95. The Morgan fingerprint density at radius 2 is 1.73 bits per heavy atom. The van der Waals surface area contributed by atoms with Gasteiger partial charge < -0.3 is 14.4 Å². The van der Waals surface area contributed by atoms with Crippen LogP contribution in [0.4, 0.5) is 4.39 Å². The first-order valence-electron chi connectivity index (χ1n) is 11.9. The second-order valence-corrected chi connectivity index (χ2v) is 9.90. The van der Waals surface area contributed by atoms with Gasteiger partial charge in [0, 0.05) is 32.7 Å². The third-order valence-electron chi connectivity index (χ3n) is 6.16. The van der Waals surface area contributed by atoms with Crippen molar-refractivity contribution in [1.82, 2.24) is 4.90 Å². The van der Waals surface area contributed by atoms with Crippen molar-refractivity contribution in [2.24, 2.45) is 0 Å². The van der Waals surface area contributed by atoms with Gasteiger partial charge in [-0.15, -0.1) is 0 Å². The summed E-state index contributed by atoms with van der Waals surface area (Å²) in [5, 5.41) is 1.35. The first-order chi connectivity index (χ1) is 17.8. The third kappa shape index (κ3) is 6.38. The second kappa shape index (κ2) is 12.2. The van der Waals surface area contributed by atoms with Crippen molar-refractivity contribution in [3.63, 3.8) is 0 Å². The minimum atomic E-state index is -0.770. The van der Waals surface area contributed by atoms with Crippen LogP contribution in [0.15, 0.2) is 60.7 Å². The molecule has 37 heavy (non-hydrogen) atoms. The summed E-state index contributed by atoms with van der Waals surface area (Å²) >= 11 is 18.6. The number of halogens is 4. The van der Waals surface area contributed by atoms with Crippen LogP contribution >= 0.6 is 34.8 Å². The zero-order valence-corrected chi connectivity index (χ0v) is 22.3. The summed E-state index contributed by atoms with van der Waals surface area (Å²) in [4.78, 5) is 27.1. The fraction of sp³-hybridized carbons (Fsp3) is 0.286. The summed E-state index contributed by atoms with van der Waals surface area (Å²) < 4.78 is 26.6. The van der Waals surface area contributed by atoms with E-state index in [9.17, 15) is 9.59 Å². The Morgan fingerprint density at radius 1 is 1.00 bits per heavy atom. The number of piperidine rings is 1. The molecule has 3 aromatic carbocycles. The van der Waals surface area contributed by atoms with Gasteiger partial charge in [-0.05, 0) is 74.2 Å².